The van der Waals surface area contributed by atoms with E-state index in [0.717, 1.165) is 37.8 Å². The highest BCUT2D eigenvalue weighted by atomic mass is 15.3. The molecule has 2 aliphatic rings. The lowest BCUT2D eigenvalue weighted by Gasteiger charge is -2.33. The summed E-state index contributed by atoms with van der Waals surface area (Å²) in [7, 11) is 2.18. The molecule has 3 rings (SSSR count). The predicted octanol–water partition coefficient (Wildman–Crippen LogP) is 2.82. The van der Waals surface area contributed by atoms with Crippen LogP contribution in [0.25, 0.3) is 0 Å². The Kier molecular flexibility index (Phi) is 5.65. The van der Waals surface area contributed by atoms with Gasteiger partial charge in [0.1, 0.15) is 11.6 Å². The van der Waals surface area contributed by atoms with E-state index in [1.807, 2.05) is 13.8 Å². The maximum atomic E-state index is 4.74. The average Bonchev–Trinajstić information content (AvgIpc) is 2.46. The SMILES string of the molecule is CC.CN1CCN(c2cccc(NC3CCC3)n2)CC1. The first-order valence-corrected chi connectivity index (χ1v) is 7.98. The number of hydrogen-bond donors (Lipinski definition) is 1. The number of likely N-dealkylation sites (N-methyl/N-ethyl adjacent to an activating group) is 1. The third-order valence-corrected chi connectivity index (χ3v) is 4.02. The molecule has 112 valence electrons. The summed E-state index contributed by atoms with van der Waals surface area (Å²) in [5, 5.41) is 3.52. The summed E-state index contributed by atoms with van der Waals surface area (Å²) in [4.78, 5) is 9.49. The summed E-state index contributed by atoms with van der Waals surface area (Å²) in [6, 6.07) is 6.97. The third kappa shape index (κ3) is 3.85. The molecule has 4 heteroatoms. The maximum Gasteiger partial charge on any atom is 0.131 e. The van der Waals surface area contributed by atoms with Crippen molar-refractivity contribution in [3.05, 3.63) is 18.2 Å². The number of anilines is 2. The summed E-state index contributed by atoms with van der Waals surface area (Å²) >= 11 is 0. The van der Waals surface area contributed by atoms with Crippen LogP contribution in [0.3, 0.4) is 0 Å². The van der Waals surface area contributed by atoms with Crippen molar-refractivity contribution >= 4 is 11.6 Å². The first-order chi connectivity index (χ1) is 9.81. The molecule has 1 aromatic heterocycles. The minimum atomic E-state index is 0.653. The van der Waals surface area contributed by atoms with Crippen LogP contribution in [0.15, 0.2) is 18.2 Å². The number of pyridine rings is 1. The van der Waals surface area contributed by atoms with Crippen LogP contribution >= 0.6 is 0 Å². The van der Waals surface area contributed by atoms with Gasteiger partial charge in [-0.2, -0.15) is 0 Å². The Morgan fingerprint density at radius 2 is 1.80 bits per heavy atom. The Bertz CT molecular complexity index is 395. The van der Waals surface area contributed by atoms with Gasteiger partial charge in [-0.25, -0.2) is 4.98 Å². The molecule has 0 aromatic carbocycles. The number of rotatable bonds is 3. The number of nitrogens with one attached hydrogen (secondary N) is 1. The minimum Gasteiger partial charge on any atom is -0.367 e. The van der Waals surface area contributed by atoms with E-state index in [1.54, 1.807) is 0 Å². The van der Waals surface area contributed by atoms with Crippen LogP contribution in [0, 0.1) is 0 Å². The summed E-state index contributed by atoms with van der Waals surface area (Å²) in [6.07, 6.45) is 3.94. The standard InChI is InChI=1S/C14H22N4.C2H6/c1-17-8-10-18(11-9-17)14-7-3-6-13(16-14)15-12-4-2-5-12;1-2/h3,6-7,12H,2,4-5,8-11H2,1H3,(H,15,16);1-2H3. The minimum absolute atomic E-state index is 0.653. The van der Waals surface area contributed by atoms with Crippen molar-refractivity contribution < 1.29 is 0 Å². The molecule has 1 saturated heterocycles. The van der Waals surface area contributed by atoms with Crippen molar-refractivity contribution in [1.82, 2.24) is 9.88 Å². The van der Waals surface area contributed by atoms with E-state index in [2.05, 4.69) is 40.4 Å². The molecule has 1 aromatic rings. The molecule has 2 fully saturated rings. The molecular weight excluding hydrogens is 248 g/mol. The summed E-state index contributed by atoms with van der Waals surface area (Å²) in [5.74, 6) is 2.16. The van der Waals surface area contributed by atoms with Gasteiger partial charge in [0.05, 0.1) is 0 Å². The van der Waals surface area contributed by atoms with Crippen molar-refractivity contribution in [2.24, 2.45) is 0 Å². The molecule has 20 heavy (non-hydrogen) atoms. The lowest BCUT2D eigenvalue weighted by Crippen LogP contribution is -2.44. The lowest BCUT2D eigenvalue weighted by atomic mass is 9.93. The van der Waals surface area contributed by atoms with Crippen molar-refractivity contribution in [3.63, 3.8) is 0 Å². The molecule has 0 amide bonds. The third-order valence-electron chi connectivity index (χ3n) is 4.02. The largest absolute Gasteiger partial charge is 0.367 e. The fraction of sp³-hybridized carbons (Fsp3) is 0.688. The van der Waals surface area contributed by atoms with Gasteiger partial charge in [0, 0.05) is 32.2 Å². The summed E-state index contributed by atoms with van der Waals surface area (Å²) < 4.78 is 0. The molecule has 0 unspecified atom stereocenters. The van der Waals surface area contributed by atoms with Crippen LogP contribution < -0.4 is 10.2 Å². The highest BCUT2D eigenvalue weighted by Gasteiger charge is 2.18. The topological polar surface area (TPSA) is 31.4 Å². The van der Waals surface area contributed by atoms with Gasteiger partial charge >= 0.3 is 0 Å². The number of hydrogen-bond acceptors (Lipinski definition) is 4. The Morgan fingerprint density at radius 3 is 2.40 bits per heavy atom. The average molecular weight is 276 g/mol. The predicted molar refractivity (Wildman–Crippen MR) is 86.6 cm³/mol. The molecule has 0 radical (unpaired) electrons. The van der Waals surface area contributed by atoms with Crippen LogP contribution in [0.4, 0.5) is 11.6 Å². The highest BCUT2D eigenvalue weighted by molar-refractivity contribution is 5.48. The fourth-order valence-corrected chi connectivity index (χ4v) is 2.48. The first-order valence-electron chi connectivity index (χ1n) is 7.98. The Morgan fingerprint density at radius 1 is 1.10 bits per heavy atom. The monoisotopic (exact) mass is 276 g/mol. The molecule has 1 aliphatic heterocycles. The first kappa shape index (κ1) is 15.1. The van der Waals surface area contributed by atoms with E-state index in [1.165, 1.54) is 19.3 Å². The van der Waals surface area contributed by atoms with Crippen molar-refractivity contribution in [1.29, 1.82) is 0 Å². The molecule has 0 spiro atoms. The quantitative estimate of drug-likeness (QED) is 0.920. The van der Waals surface area contributed by atoms with Crippen LogP contribution in [0.5, 0.6) is 0 Å². The van der Waals surface area contributed by atoms with Crippen LogP contribution in [-0.2, 0) is 0 Å². The van der Waals surface area contributed by atoms with Gasteiger partial charge in [0.25, 0.3) is 0 Å². The van der Waals surface area contributed by atoms with Gasteiger partial charge in [0.2, 0.25) is 0 Å². The molecule has 0 bridgehead atoms. The Hall–Kier alpha value is -1.29. The number of nitrogens with zero attached hydrogens (tertiary/aromatic N) is 3. The van der Waals surface area contributed by atoms with Gasteiger partial charge < -0.3 is 15.1 Å². The van der Waals surface area contributed by atoms with E-state index in [4.69, 9.17) is 4.98 Å². The van der Waals surface area contributed by atoms with Gasteiger partial charge in [0.15, 0.2) is 0 Å². The summed E-state index contributed by atoms with van der Waals surface area (Å²) in [6.45, 7) is 8.41. The number of piperazine rings is 1. The fourth-order valence-electron chi connectivity index (χ4n) is 2.48. The van der Waals surface area contributed by atoms with Crippen LogP contribution in [0.1, 0.15) is 33.1 Å². The molecule has 1 saturated carbocycles. The molecule has 4 nitrogen and oxygen atoms in total. The zero-order valence-electron chi connectivity index (χ0n) is 13.1. The van der Waals surface area contributed by atoms with E-state index in [0.29, 0.717) is 6.04 Å². The lowest BCUT2D eigenvalue weighted by molar-refractivity contribution is 0.312. The molecule has 1 aliphatic carbocycles. The van der Waals surface area contributed by atoms with E-state index >= 15 is 0 Å². The van der Waals surface area contributed by atoms with Crippen LogP contribution in [0.2, 0.25) is 0 Å². The number of aromatic nitrogens is 1. The van der Waals surface area contributed by atoms with E-state index in [-0.39, 0.29) is 0 Å². The van der Waals surface area contributed by atoms with E-state index < -0.39 is 0 Å². The highest BCUT2D eigenvalue weighted by Crippen LogP contribution is 2.23. The normalized spacial score (nSPS) is 19.9. The van der Waals surface area contributed by atoms with Gasteiger partial charge in [-0.15, -0.1) is 0 Å². The second kappa shape index (κ2) is 7.48. The van der Waals surface area contributed by atoms with Gasteiger partial charge in [-0.3, -0.25) is 0 Å². The zero-order valence-corrected chi connectivity index (χ0v) is 13.1. The Balaban J connectivity index is 0.000000704. The van der Waals surface area contributed by atoms with Gasteiger partial charge in [-0.05, 0) is 38.4 Å². The molecular formula is C16H28N4. The van der Waals surface area contributed by atoms with Crippen molar-refractivity contribution in [2.75, 3.05) is 43.4 Å². The van der Waals surface area contributed by atoms with Crippen molar-refractivity contribution in [2.45, 2.75) is 39.2 Å². The smallest absolute Gasteiger partial charge is 0.131 e. The molecule has 2 heterocycles. The zero-order chi connectivity index (χ0) is 14.4. The van der Waals surface area contributed by atoms with Crippen molar-refractivity contribution in [3.8, 4) is 0 Å². The molecule has 1 N–H and O–H groups in total. The van der Waals surface area contributed by atoms with Gasteiger partial charge in [-0.1, -0.05) is 19.9 Å². The Labute approximate surface area is 123 Å². The summed E-state index contributed by atoms with van der Waals surface area (Å²) in [5.41, 5.74) is 0. The second-order valence-electron chi connectivity index (χ2n) is 5.44. The van der Waals surface area contributed by atoms with Crippen LogP contribution in [-0.4, -0.2) is 49.2 Å². The van der Waals surface area contributed by atoms with E-state index in [9.17, 15) is 0 Å². The second-order valence-corrected chi connectivity index (χ2v) is 5.44. The maximum absolute atomic E-state index is 4.74. The molecule has 0 atom stereocenters.